The van der Waals surface area contributed by atoms with E-state index in [0.29, 0.717) is 5.84 Å². The molecule has 98 valence electrons. The molecule has 0 bridgehead atoms. The molecular weight excluding hydrogens is 224 g/mol. The highest BCUT2D eigenvalue weighted by Gasteiger charge is 2.32. The van der Waals surface area contributed by atoms with Gasteiger partial charge in [0.2, 0.25) is 0 Å². The summed E-state index contributed by atoms with van der Waals surface area (Å²) in [5, 5.41) is 7.65. The second-order valence-corrected chi connectivity index (χ2v) is 5.52. The highest BCUT2D eigenvalue weighted by Crippen LogP contribution is 2.31. The fourth-order valence-corrected chi connectivity index (χ4v) is 2.37. The Balaban J connectivity index is 1.95. The van der Waals surface area contributed by atoms with Gasteiger partial charge >= 0.3 is 0 Å². The maximum Gasteiger partial charge on any atom is 0.0966 e. The van der Waals surface area contributed by atoms with Crippen LogP contribution in [0.4, 0.5) is 0 Å². The summed E-state index contributed by atoms with van der Waals surface area (Å²) >= 11 is 0. The van der Waals surface area contributed by atoms with E-state index in [9.17, 15) is 0 Å². The average Bonchev–Trinajstić information content (AvgIpc) is 2.35. The molecule has 0 aromatic carbocycles. The number of rotatable bonds is 3. The van der Waals surface area contributed by atoms with Crippen molar-refractivity contribution in [1.82, 2.24) is 9.88 Å². The number of aryl methyl sites for hydroxylation is 1. The highest BCUT2D eigenvalue weighted by atomic mass is 15.1. The molecule has 2 rings (SSSR count). The summed E-state index contributed by atoms with van der Waals surface area (Å²) in [7, 11) is 0. The van der Waals surface area contributed by atoms with E-state index >= 15 is 0 Å². The molecule has 0 aliphatic carbocycles. The molecule has 4 heteroatoms. The van der Waals surface area contributed by atoms with Crippen LogP contribution in [0, 0.1) is 17.7 Å². The molecule has 1 saturated heterocycles. The van der Waals surface area contributed by atoms with Gasteiger partial charge in [-0.1, -0.05) is 13.0 Å². The Morgan fingerprint density at radius 3 is 2.72 bits per heavy atom. The fourth-order valence-electron chi connectivity index (χ4n) is 2.37. The van der Waals surface area contributed by atoms with Crippen molar-refractivity contribution >= 4 is 5.84 Å². The first-order valence-corrected chi connectivity index (χ1v) is 6.49. The van der Waals surface area contributed by atoms with Crippen molar-refractivity contribution in [3.8, 4) is 0 Å². The molecule has 0 saturated carbocycles. The monoisotopic (exact) mass is 246 g/mol. The van der Waals surface area contributed by atoms with Gasteiger partial charge in [0.15, 0.2) is 0 Å². The van der Waals surface area contributed by atoms with Gasteiger partial charge in [-0.15, -0.1) is 0 Å². The van der Waals surface area contributed by atoms with Gasteiger partial charge in [0.1, 0.15) is 0 Å². The van der Waals surface area contributed by atoms with Crippen LogP contribution in [0.3, 0.4) is 0 Å². The lowest BCUT2D eigenvalue weighted by Crippen LogP contribution is -2.44. The maximum atomic E-state index is 7.65. The van der Waals surface area contributed by atoms with Crippen LogP contribution < -0.4 is 5.73 Å². The van der Waals surface area contributed by atoms with Gasteiger partial charge in [-0.05, 0) is 44.5 Å². The normalized spacial score (nSPS) is 19.7. The first-order chi connectivity index (χ1) is 8.51. The summed E-state index contributed by atoms with van der Waals surface area (Å²) in [5.74, 6) is 0.330. The van der Waals surface area contributed by atoms with E-state index in [1.54, 1.807) is 0 Å². The Morgan fingerprint density at radius 2 is 2.17 bits per heavy atom. The minimum Gasteiger partial charge on any atom is -0.387 e. The predicted molar refractivity (Wildman–Crippen MR) is 73.5 cm³/mol. The molecule has 0 amide bonds. The SMILES string of the molecule is Cc1cccnc1CN1CCC(C)(C(=N)N)CC1. The number of pyridine rings is 1. The zero-order valence-corrected chi connectivity index (χ0v) is 11.2. The van der Waals surface area contributed by atoms with Crippen LogP contribution in [0.5, 0.6) is 0 Å². The van der Waals surface area contributed by atoms with Gasteiger partial charge in [-0.2, -0.15) is 0 Å². The van der Waals surface area contributed by atoms with Gasteiger partial charge < -0.3 is 5.73 Å². The Hall–Kier alpha value is -1.42. The van der Waals surface area contributed by atoms with Crippen molar-refractivity contribution in [2.45, 2.75) is 33.2 Å². The molecule has 2 heterocycles. The lowest BCUT2D eigenvalue weighted by atomic mass is 9.79. The molecule has 0 radical (unpaired) electrons. The van der Waals surface area contributed by atoms with Crippen LogP contribution in [-0.2, 0) is 6.54 Å². The molecule has 18 heavy (non-hydrogen) atoms. The smallest absolute Gasteiger partial charge is 0.0966 e. The Bertz CT molecular complexity index is 433. The number of aromatic nitrogens is 1. The third-order valence-corrected chi connectivity index (χ3v) is 4.10. The topological polar surface area (TPSA) is 66.0 Å². The molecule has 1 aliphatic heterocycles. The molecule has 0 atom stereocenters. The van der Waals surface area contributed by atoms with E-state index in [1.165, 1.54) is 5.56 Å². The number of nitrogens with one attached hydrogen (secondary N) is 1. The quantitative estimate of drug-likeness (QED) is 0.632. The van der Waals surface area contributed by atoms with E-state index in [0.717, 1.165) is 38.2 Å². The van der Waals surface area contributed by atoms with E-state index in [4.69, 9.17) is 11.1 Å². The number of nitrogens with zero attached hydrogens (tertiary/aromatic N) is 2. The third-order valence-electron chi connectivity index (χ3n) is 4.10. The second-order valence-electron chi connectivity index (χ2n) is 5.52. The Kier molecular flexibility index (Phi) is 3.66. The number of hydrogen-bond acceptors (Lipinski definition) is 3. The lowest BCUT2D eigenvalue weighted by molar-refractivity contribution is 0.154. The van der Waals surface area contributed by atoms with Crippen LogP contribution in [0.25, 0.3) is 0 Å². The molecule has 1 fully saturated rings. The molecule has 0 spiro atoms. The van der Waals surface area contributed by atoms with Gasteiger partial charge in [-0.3, -0.25) is 15.3 Å². The van der Waals surface area contributed by atoms with E-state index in [2.05, 4.69) is 29.8 Å². The van der Waals surface area contributed by atoms with Crippen LogP contribution >= 0.6 is 0 Å². The van der Waals surface area contributed by atoms with Crippen molar-refractivity contribution in [3.05, 3.63) is 29.6 Å². The Labute approximate surface area is 109 Å². The largest absolute Gasteiger partial charge is 0.387 e. The first-order valence-electron chi connectivity index (χ1n) is 6.49. The number of piperidine rings is 1. The molecule has 1 aromatic rings. The zero-order chi connectivity index (χ0) is 13.2. The summed E-state index contributed by atoms with van der Waals surface area (Å²) in [6.07, 6.45) is 3.79. The Morgan fingerprint density at radius 1 is 1.50 bits per heavy atom. The third kappa shape index (κ3) is 2.70. The minimum absolute atomic E-state index is 0.102. The van der Waals surface area contributed by atoms with Gasteiger partial charge in [0.05, 0.1) is 11.5 Å². The van der Waals surface area contributed by atoms with Gasteiger partial charge in [0, 0.05) is 18.2 Å². The average molecular weight is 246 g/mol. The van der Waals surface area contributed by atoms with E-state index in [-0.39, 0.29) is 5.41 Å². The molecule has 0 unspecified atom stereocenters. The molecular formula is C14H22N4. The lowest BCUT2D eigenvalue weighted by Gasteiger charge is -2.38. The van der Waals surface area contributed by atoms with Crippen LogP contribution in [0.1, 0.15) is 31.0 Å². The van der Waals surface area contributed by atoms with Gasteiger partial charge in [0.25, 0.3) is 0 Å². The predicted octanol–water partition coefficient (Wildman–Crippen LogP) is 1.93. The summed E-state index contributed by atoms with van der Waals surface area (Å²) in [6, 6.07) is 4.08. The maximum absolute atomic E-state index is 7.65. The standard InChI is InChI=1S/C14H22N4/c1-11-4-3-7-17-12(11)10-18-8-5-14(2,6-9-18)13(15)16/h3-4,7H,5-6,8-10H2,1-2H3,(H3,15,16). The second kappa shape index (κ2) is 5.06. The molecule has 1 aromatic heterocycles. The van der Waals surface area contributed by atoms with Crippen molar-refractivity contribution in [2.75, 3.05) is 13.1 Å². The zero-order valence-electron chi connectivity index (χ0n) is 11.2. The molecule has 4 nitrogen and oxygen atoms in total. The van der Waals surface area contributed by atoms with E-state index in [1.807, 2.05) is 12.3 Å². The molecule has 1 aliphatic rings. The van der Waals surface area contributed by atoms with Crippen molar-refractivity contribution in [3.63, 3.8) is 0 Å². The minimum atomic E-state index is -0.102. The highest BCUT2D eigenvalue weighted by molar-refractivity contribution is 5.83. The number of amidine groups is 1. The summed E-state index contributed by atoms with van der Waals surface area (Å²) in [5.41, 5.74) is 7.98. The summed E-state index contributed by atoms with van der Waals surface area (Å²) < 4.78 is 0. The van der Waals surface area contributed by atoms with Crippen molar-refractivity contribution < 1.29 is 0 Å². The summed E-state index contributed by atoms with van der Waals surface area (Å²) in [6.45, 7) is 7.09. The number of nitrogens with two attached hydrogens (primary N) is 1. The van der Waals surface area contributed by atoms with Crippen molar-refractivity contribution in [2.24, 2.45) is 11.1 Å². The first kappa shape index (κ1) is 13.0. The number of likely N-dealkylation sites (tertiary alicyclic amines) is 1. The van der Waals surface area contributed by atoms with E-state index < -0.39 is 0 Å². The van der Waals surface area contributed by atoms with Crippen LogP contribution in [-0.4, -0.2) is 28.8 Å². The summed E-state index contributed by atoms with van der Waals surface area (Å²) in [4.78, 5) is 6.84. The van der Waals surface area contributed by atoms with Crippen LogP contribution in [0.2, 0.25) is 0 Å². The van der Waals surface area contributed by atoms with Crippen LogP contribution in [0.15, 0.2) is 18.3 Å². The fraction of sp³-hybridized carbons (Fsp3) is 0.571. The van der Waals surface area contributed by atoms with Crippen molar-refractivity contribution in [1.29, 1.82) is 5.41 Å². The molecule has 3 N–H and O–H groups in total. The number of hydrogen-bond donors (Lipinski definition) is 2. The van der Waals surface area contributed by atoms with Gasteiger partial charge in [-0.25, -0.2) is 0 Å².